The van der Waals surface area contributed by atoms with Crippen molar-refractivity contribution in [1.82, 2.24) is 5.32 Å². The summed E-state index contributed by atoms with van der Waals surface area (Å²) in [7, 11) is 3.54. The van der Waals surface area contributed by atoms with Gasteiger partial charge in [0.05, 0.1) is 61.9 Å². The lowest BCUT2D eigenvalue weighted by molar-refractivity contribution is -0.915. The van der Waals surface area contributed by atoms with Gasteiger partial charge in [0.2, 0.25) is 0 Å². The number of rotatable bonds is 10. The Bertz CT molecular complexity index is 1670. The number of carbonyl (C=O) groups is 2. The average Bonchev–Trinajstić information content (AvgIpc) is 3.07. The molecule has 2 aliphatic rings. The molecule has 246 valence electrons. The molecule has 0 bridgehead atoms. The number of nitro benzene ring substituents is 1. The number of carbonyl (C=O) groups excluding carboxylic acids is 2. The number of hydrogen-bond acceptors (Lipinski definition) is 7. The molecule has 0 aliphatic carbocycles. The molecule has 2 aliphatic heterocycles. The Morgan fingerprint density at radius 2 is 1.38 bits per heavy atom. The van der Waals surface area contributed by atoms with E-state index in [1.807, 2.05) is 0 Å². The number of ether oxygens (including phenoxy) is 2. The van der Waals surface area contributed by atoms with E-state index in [9.17, 15) is 19.7 Å². The molecule has 0 aromatic heterocycles. The summed E-state index contributed by atoms with van der Waals surface area (Å²) >= 11 is 0. The highest BCUT2D eigenvalue weighted by Crippen LogP contribution is 2.46. The summed E-state index contributed by atoms with van der Waals surface area (Å²) in [5.74, 6) is -1.21. The molecule has 0 radical (unpaired) electrons. The molecule has 0 saturated carbocycles. The number of quaternary nitrogens is 1. The average molecular weight is 639 g/mol. The molecule has 47 heavy (non-hydrogen) atoms. The van der Waals surface area contributed by atoms with Crippen molar-refractivity contribution in [3.8, 4) is 0 Å². The highest BCUT2D eigenvalue weighted by molar-refractivity contribution is 6.01. The number of allylic oxidation sites excluding steroid dienone is 2. The summed E-state index contributed by atoms with van der Waals surface area (Å²) in [6.07, 6.45) is 2.69. The van der Waals surface area contributed by atoms with E-state index in [0.29, 0.717) is 23.4 Å². The molecule has 3 aromatic carbocycles. The van der Waals surface area contributed by atoms with Crippen molar-refractivity contribution in [3.05, 3.63) is 134 Å². The third-order valence-electron chi connectivity index (χ3n) is 10.2. The first-order chi connectivity index (χ1) is 22.4. The Morgan fingerprint density at radius 3 is 1.91 bits per heavy atom. The van der Waals surface area contributed by atoms with Crippen LogP contribution in [0.5, 0.6) is 0 Å². The maximum Gasteiger partial charge on any atom is 0.337 e. The van der Waals surface area contributed by atoms with Gasteiger partial charge >= 0.3 is 11.9 Å². The number of hydrogen-bond donors (Lipinski definition) is 1. The molecule has 9 nitrogen and oxygen atoms in total. The monoisotopic (exact) mass is 638 g/mol. The fourth-order valence-corrected chi connectivity index (χ4v) is 7.64. The summed E-state index contributed by atoms with van der Waals surface area (Å²) in [6.45, 7) is 8.21. The van der Waals surface area contributed by atoms with Crippen molar-refractivity contribution in [2.45, 2.75) is 50.9 Å². The lowest BCUT2D eigenvalue weighted by atomic mass is 9.67. The maximum atomic E-state index is 13.9. The van der Waals surface area contributed by atoms with Gasteiger partial charge in [-0.15, -0.1) is 0 Å². The number of non-ortho nitro benzene ring substituents is 1. The zero-order valence-corrected chi connectivity index (χ0v) is 27.9. The number of methoxy groups -OCH3 is 1. The van der Waals surface area contributed by atoms with Gasteiger partial charge in [0.25, 0.3) is 5.69 Å². The quantitative estimate of drug-likeness (QED) is 0.0908. The van der Waals surface area contributed by atoms with E-state index < -0.39 is 22.3 Å². The van der Waals surface area contributed by atoms with Crippen LogP contribution >= 0.6 is 0 Å². The molecule has 1 unspecified atom stereocenters. The van der Waals surface area contributed by atoms with Crippen molar-refractivity contribution in [3.63, 3.8) is 0 Å². The minimum absolute atomic E-state index is 0.0370. The zero-order valence-electron chi connectivity index (χ0n) is 27.9. The Morgan fingerprint density at radius 1 is 0.851 bits per heavy atom. The Labute approximate surface area is 276 Å². The molecule has 3 aromatic rings. The number of piperidine rings is 1. The van der Waals surface area contributed by atoms with Gasteiger partial charge in [-0.25, -0.2) is 9.59 Å². The molecule has 0 spiro atoms. The number of nitro groups is 1. The minimum atomic E-state index is -1.35. The van der Waals surface area contributed by atoms with Crippen molar-refractivity contribution >= 4 is 17.6 Å². The summed E-state index contributed by atoms with van der Waals surface area (Å²) in [4.78, 5) is 38.2. The first kappa shape index (κ1) is 33.6. The molecule has 2 heterocycles. The number of benzene rings is 3. The van der Waals surface area contributed by atoms with E-state index in [-0.39, 0.29) is 28.9 Å². The number of esters is 2. The van der Waals surface area contributed by atoms with Crippen LogP contribution in [0.4, 0.5) is 5.69 Å². The molecule has 1 fully saturated rings. The summed E-state index contributed by atoms with van der Waals surface area (Å²) in [6, 6.07) is 27.6. The third kappa shape index (κ3) is 6.45. The van der Waals surface area contributed by atoms with Crippen molar-refractivity contribution in [2.75, 3.05) is 40.4 Å². The molecular weight excluding hydrogens is 594 g/mol. The fraction of sp³-hybridized carbons (Fsp3) is 0.368. The number of nitrogens with zero attached hydrogens (tertiary/aromatic N) is 2. The van der Waals surface area contributed by atoms with Crippen LogP contribution < -0.4 is 5.32 Å². The smallest absolute Gasteiger partial charge is 0.337 e. The predicted octanol–water partition coefficient (Wildman–Crippen LogP) is 6.34. The minimum Gasteiger partial charge on any atom is -0.466 e. The first-order valence-corrected chi connectivity index (χ1v) is 16.1. The third-order valence-corrected chi connectivity index (χ3v) is 10.2. The van der Waals surface area contributed by atoms with Gasteiger partial charge in [-0.05, 0) is 37.5 Å². The van der Waals surface area contributed by atoms with Crippen LogP contribution in [0.3, 0.4) is 0 Å². The Kier molecular flexibility index (Phi) is 9.68. The second-order valence-electron chi connectivity index (χ2n) is 13.1. The van der Waals surface area contributed by atoms with Crippen LogP contribution in [-0.4, -0.2) is 61.7 Å². The summed E-state index contributed by atoms with van der Waals surface area (Å²) < 4.78 is 11.9. The molecule has 0 amide bonds. The lowest BCUT2D eigenvalue weighted by Crippen LogP contribution is -2.54. The van der Waals surface area contributed by atoms with Crippen molar-refractivity contribution in [1.29, 1.82) is 0 Å². The van der Waals surface area contributed by atoms with E-state index in [1.165, 1.54) is 30.4 Å². The van der Waals surface area contributed by atoms with Gasteiger partial charge in [0, 0.05) is 48.2 Å². The molecule has 1 atom stereocenters. The Hall–Kier alpha value is -4.76. The molecular formula is C38H44N3O6+. The van der Waals surface area contributed by atoms with Crippen LogP contribution in [0.15, 0.2) is 107 Å². The van der Waals surface area contributed by atoms with Gasteiger partial charge in [-0.2, -0.15) is 0 Å². The van der Waals surface area contributed by atoms with Crippen LogP contribution in [-0.2, 0) is 29.9 Å². The van der Waals surface area contributed by atoms with E-state index in [4.69, 9.17) is 9.47 Å². The van der Waals surface area contributed by atoms with Gasteiger partial charge < -0.3 is 19.3 Å². The molecule has 1 N–H and O–H groups in total. The summed E-state index contributed by atoms with van der Waals surface area (Å²) in [5.41, 5.74) is 3.03. The topological polar surface area (TPSA) is 108 Å². The lowest BCUT2D eigenvalue weighted by Gasteiger charge is -2.47. The van der Waals surface area contributed by atoms with E-state index >= 15 is 0 Å². The fourth-order valence-electron chi connectivity index (χ4n) is 7.64. The van der Waals surface area contributed by atoms with Crippen LogP contribution in [0.25, 0.3) is 0 Å². The highest BCUT2D eigenvalue weighted by atomic mass is 16.6. The Balaban J connectivity index is 1.31. The maximum absolute atomic E-state index is 13.9. The van der Waals surface area contributed by atoms with Gasteiger partial charge in [0.15, 0.2) is 0 Å². The van der Waals surface area contributed by atoms with Crippen LogP contribution in [0.2, 0.25) is 0 Å². The molecule has 5 rings (SSSR count). The second-order valence-corrected chi connectivity index (χ2v) is 13.1. The van der Waals surface area contributed by atoms with Crippen LogP contribution in [0.1, 0.15) is 56.7 Å². The molecule has 9 heteroatoms. The van der Waals surface area contributed by atoms with Crippen molar-refractivity contribution in [2.24, 2.45) is 0 Å². The number of nitrogens with one attached hydrogen (secondary N) is 1. The highest BCUT2D eigenvalue weighted by Gasteiger charge is 2.48. The van der Waals surface area contributed by atoms with Gasteiger partial charge in [0.1, 0.15) is 0 Å². The molecule has 1 saturated heterocycles. The van der Waals surface area contributed by atoms with E-state index in [2.05, 4.69) is 73.0 Å². The van der Waals surface area contributed by atoms with Gasteiger partial charge in [-0.1, -0.05) is 72.8 Å². The van der Waals surface area contributed by atoms with E-state index in [1.54, 1.807) is 32.9 Å². The van der Waals surface area contributed by atoms with Crippen LogP contribution in [0, 0.1) is 10.1 Å². The summed E-state index contributed by atoms with van der Waals surface area (Å²) in [5, 5.41) is 14.8. The SMILES string of the molecule is COC(=O)C1=C(C)NC(C)=C(C(=O)OCCC[N+]2(C)CCC(c3ccccc3)(c3ccccc3)CC2)C1(C)c1cccc([N+](=O)[O-])c1. The van der Waals surface area contributed by atoms with E-state index in [0.717, 1.165) is 37.0 Å². The first-order valence-electron chi connectivity index (χ1n) is 16.1. The number of dihydropyridines is 1. The normalized spacial score (nSPS) is 20.3. The number of likely N-dealkylation sites (tertiary alicyclic amines) is 1. The largest absolute Gasteiger partial charge is 0.466 e. The second kappa shape index (κ2) is 13.5. The van der Waals surface area contributed by atoms with Gasteiger partial charge in [-0.3, -0.25) is 10.1 Å². The van der Waals surface area contributed by atoms with Crippen molar-refractivity contribution < 1.29 is 28.5 Å². The zero-order chi connectivity index (χ0) is 33.8. The predicted molar refractivity (Wildman–Crippen MR) is 180 cm³/mol. The standard InChI is InChI=1S/C38H43N3O6/c1-27-33(35(42)46-5)37(3,31-18-12-19-32(26-31)40(44)45)34(28(2)39-27)36(43)47-25-13-22-41(4)23-20-38(21-24-41,29-14-8-6-9-15-29)30-16-10-7-11-17-30/h6-12,14-19,26H,13,20-25H2,1-5H3/p+1.